The Morgan fingerprint density at radius 1 is 1.78 bits per heavy atom. The van der Waals surface area contributed by atoms with Gasteiger partial charge in [0.25, 0.3) is 0 Å². The molecule has 3 nitrogen and oxygen atoms in total. The minimum Gasteiger partial charge on any atom is -0.373 e. The van der Waals surface area contributed by atoms with Crippen LogP contribution in [0.4, 0.5) is 0 Å². The minimum absolute atomic E-state index is 0.215. The van der Waals surface area contributed by atoms with E-state index in [1.54, 1.807) is 6.92 Å². The van der Waals surface area contributed by atoms with E-state index >= 15 is 0 Å². The fraction of sp³-hybridized carbons (Fsp3) is 1.00. The van der Waals surface area contributed by atoms with Crippen molar-refractivity contribution in [3.63, 3.8) is 0 Å². The first-order valence-electron chi connectivity index (χ1n) is 2.95. The Labute approximate surface area is 56.0 Å². The lowest BCUT2D eigenvalue weighted by Crippen LogP contribution is -2.06. The van der Waals surface area contributed by atoms with E-state index in [0.29, 0.717) is 6.42 Å². The van der Waals surface area contributed by atoms with Crippen LogP contribution < -0.4 is 0 Å². The Morgan fingerprint density at radius 3 is 2.67 bits per heavy atom. The molecule has 0 N–H and O–H groups in total. The molecule has 0 spiro atoms. The van der Waals surface area contributed by atoms with E-state index < -0.39 is 10.7 Å². The highest BCUT2D eigenvalue weighted by atomic mass is 32.2. The van der Waals surface area contributed by atoms with E-state index in [1.165, 1.54) is 0 Å². The summed E-state index contributed by atoms with van der Waals surface area (Å²) >= 11 is 0. The van der Waals surface area contributed by atoms with Gasteiger partial charge in [0.2, 0.25) is 0 Å². The van der Waals surface area contributed by atoms with Crippen molar-refractivity contribution < 1.29 is 13.2 Å². The van der Waals surface area contributed by atoms with Gasteiger partial charge in [0.15, 0.2) is 0 Å². The molecule has 1 aliphatic heterocycles. The summed E-state index contributed by atoms with van der Waals surface area (Å²) in [6, 6.07) is 0. The number of hydrogen-bond acceptors (Lipinski definition) is 3. The molecular weight excluding hydrogens is 140 g/mol. The lowest BCUT2D eigenvalue weighted by molar-refractivity contribution is 0.395. The average molecular weight is 150 g/mol. The lowest BCUT2D eigenvalue weighted by atomic mass is 10.3. The van der Waals surface area contributed by atoms with Gasteiger partial charge in [-0.1, -0.05) is 0 Å². The van der Waals surface area contributed by atoms with Crippen molar-refractivity contribution in [1.29, 1.82) is 0 Å². The molecule has 0 aliphatic carbocycles. The van der Waals surface area contributed by atoms with E-state index in [2.05, 4.69) is 0 Å². The molecule has 1 heterocycles. The zero-order chi connectivity index (χ0) is 6.85. The molecule has 1 aliphatic rings. The SMILES string of the molecule is CC(CC1CO1)[SH](=O)=O. The fourth-order valence-corrected chi connectivity index (χ4v) is 1.08. The molecule has 1 saturated heterocycles. The van der Waals surface area contributed by atoms with Crippen LogP contribution in [0.25, 0.3) is 0 Å². The molecule has 0 amide bonds. The molecule has 0 bridgehead atoms. The van der Waals surface area contributed by atoms with Crippen LogP contribution in [0.5, 0.6) is 0 Å². The number of thiol groups is 1. The second-order valence-electron chi connectivity index (χ2n) is 2.33. The summed E-state index contributed by atoms with van der Waals surface area (Å²) in [6.45, 7) is 2.45. The zero-order valence-electron chi connectivity index (χ0n) is 5.24. The van der Waals surface area contributed by atoms with Crippen LogP contribution in [-0.4, -0.2) is 26.4 Å². The van der Waals surface area contributed by atoms with Gasteiger partial charge in [-0.2, -0.15) is 0 Å². The predicted octanol–water partition coefficient (Wildman–Crippen LogP) is -0.225. The third-order valence-corrected chi connectivity index (χ3v) is 2.30. The summed E-state index contributed by atoms with van der Waals surface area (Å²) in [7, 11) is -2.23. The number of ether oxygens (including phenoxy) is 1. The first-order valence-corrected chi connectivity index (χ1v) is 4.20. The summed E-state index contributed by atoms with van der Waals surface area (Å²) in [4.78, 5) is 0. The molecule has 1 rings (SSSR count). The Balaban J connectivity index is 2.24. The second-order valence-corrected chi connectivity index (χ2v) is 3.78. The number of rotatable bonds is 3. The molecule has 0 aromatic rings. The van der Waals surface area contributed by atoms with Gasteiger partial charge in [-0.3, -0.25) is 0 Å². The van der Waals surface area contributed by atoms with Gasteiger partial charge in [0.1, 0.15) is 10.7 Å². The topological polar surface area (TPSA) is 46.7 Å². The van der Waals surface area contributed by atoms with Gasteiger partial charge in [0, 0.05) is 0 Å². The van der Waals surface area contributed by atoms with Crippen molar-refractivity contribution in [2.45, 2.75) is 24.7 Å². The van der Waals surface area contributed by atoms with Gasteiger partial charge >= 0.3 is 0 Å². The first-order chi connectivity index (χ1) is 4.20. The van der Waals surface area contributed by atoms with Crippen LogP contribution in [0.3, 0.4) is 0 Å². The minimum atomic E-state index is -2.23. The van der Waals surface area contributed by atoms with Crippen molar-refractivity contribution in [3.8, 4) is 0 Å². The molecule has 2 atom stereocenters. The monoisotopic (exact) mass is 150 g/mol. The Hall–Kier alpha value is -0.0900. The van der Waals surface area contributed by atoms with Crippen molar-refractivity contribution in [1.82, 2.24) is 0 Å². The summed E-state index contributed by atoms with van der Waals surface area (Å²) in [5.74, 6) is 0. The van der Waals surface area contributed by atoms with Crippen molar-refractivity contribution in [3.05, 3.63) is 0 Å². The first kappa shape index (κ1) is 7.02. The molecule has 0 radical (unpaired) electrons. The summed E-state index contributed by atoms with van der Waals surface area (Å²) < 4.78 is 25.3. The normalized spacial score (nSPS) is 28.4. The molecule has 0 aromatic heterocycles. The molecule has 4 heteroatoms. The predicted molar refractivity (Wildman–Crippen MR) is 34.1 cm³/mol. The van der Waals surface area contributed by atoms with Crippen LogP contribution in [0, 0.1) is 0 Å². The van der Waals surface area contributed by atoms with Crippen LogP contribution in [-0.2, 0) is 15.4 Å². The second kappa shape index (κ2) is 2.66. The summed E-state index contributed by atoms with van der Waals surface area (Å²) in [5, 5.41) is -0.215. The molecule has 1 fully saturated rings. The third kappa shape index (κ3) is 2.32. The third-order valence-electron chi connectivity index (χ3n) is 1.37. The van der Waals surface area contributed by atoms with Crippen molar-refractivity contribution in [2.75, 3.05) is 6.61 Å². The van der Waals surface area contributed by atoms with E-state index in [4.69, 9.17) is 4.74 Å². The highest BCUT2D eigenvalue weighted by Gasteiger charge is 2.25. The van der Waals surface area contributed by atoms with Crippen LogP contribution in [0.15, 0.2) is 0 Å². The van der Waals surface area contributed by atoms with Gasteiger partial charge < -0.3 is 4.74 Å². The van der Waals surface area contributed by atoms with E-state index in [-0.39, 0.29) is 11.4 Å². The molecule has 0 saturated carbocycles. The van der Waals surface area contributed by atoms with E-state index in [0.717, 1.165) is 6.61 Å². The highest BCUT2D eigenvalue weighted by molar-refractivity contribution is 7.73. The maximum atomic E-state index is 10.2. The fourth-order valence-electron chi connectivity index (χ4n) is 0.671. The Bertz CT molecular complexity index is 152. The van der Waals surface area contributed by atoms with Crippen LogP contribution >= 0.6 is 0 Å². The van der Waals surface area contributed by atoms with Crippen LogP contribution in [0.2, 0.25) is 0 Å². The average Bonchev–Trinajstić information content (AvgIpc) is 2.50. The number of hydrogen-bond donors (Lipinski definition) is 1. The van der Waals surface area contributed by atoms with Crippen molar-refractivity contribution in [2.24, 2.45) is 0 Å². The summed E-state index contributed by atoms with van der Waals surface area (Å²) in [6.07, 6.45) is 0.895. The summed E-state index contributed by atoms with van der Waals surface area (Å²) in [5.41, 5.74) is 0. The van der Waals surface area contributed by atoms with Gasteiger partial charge in [0.05, 0.1) is 18.0 Å². The quantitative estimate of drug-likeness (QED) is 0.446. The standard InChI is InChI=1S/C5H10O3S/c1-4(9(6)7)2-5-3-8-5/h4-5,9H,2-3H2,1H3. The molecule has 2 unspecified atom stereocenters. The number of epoxide rings is 1. The maximum absolute atomic E-state index is 10.2. The smallest absolute Gasteiger partial charge is 0.142 e. The molecule has 54 valence electrons. The van der Waals surface area contributed by atoms with Gasteiger partial charge in [-0.25, -0.2) is 8.42 Å². The molecular formula is C5H10O3S. The molecule has 9 heavy (non-hydrogen) atoms. The van der Waals surface area contributed by atoms with Crippen molar-refractivity contribution >= 4 is 10.7 Å². The van der Waals surface area contributed by atoms with Gasteiger partial charge in [-0.05, 0) is 13.3 Å². The van der Waals surface area contributed by atoms with E-state index in [1.807, 2.05) is 0 Å². The largest absolute Gasteiger partial charge is 0.373 e. The molecule has 0 aromatic carbocycles. The van der Waals surface area contributed by atoms with Crippen LogP contribution in [0.1, 0.15) is 13.3 Å². The van der Waals surface area contributed by atoms with E-state index in [9.17, 15) is 8.42 Å². The lowest BCUT2D eigenvalue weighted by Gasteiger charge is -1.96. The highest BCUT2D eigenvalue weighted by Crippen LogP contribution is 2.16. The Morgan fingerprint density at radius 2 is 2.33 bits per heavy atom. The van der Waals surface area contributed by atoms with Gasteiger partial charge in [-0.15, -0.1) is 0 Å². The zero-order valence-corrected chi connectivity index (χ0v) is 6.14. The maximum Gasteiger partial charge on any atom is 0.142 e. The Kier molecular flexibility index (Phi) is 2.08.